The number of allylic oxidation sites excluding steroid dienone is 1. The number of aromatic carboxylic acids is 1. The van der Waals surface area contributed by atoms with Crippen molar-refractivity contribution < 1.29 is 14.7 Å². The third-order valence-corrected chi connectivity index (χ3v) is 6.00. The number of carbonyl (C=O) groups is 2. The predicted molar refractivity (Wildman–Crippen MR) is 118 cm³/mol. The first-order valence-electron chi connectivity index (χ1n) is 9.60. The van der Waals surface area contributed by atoms with Gasteiger partial charge in [-0.25, -0.2) is 4.79 Å². The third kappa shape index (κ3) is 4.30. The van der Waals surface area contributed by atoms with Crippen LogP contribution in [0.25, 0.3) is 16.5 Å². The maximum Gasteiger partial charge on any atom is 0.335 e. The van der Waals surface area contributed by atoms with Gasteiger partial charge >= 0.3 is 5.97 Å². The smallest absolute Gasteiger partial charge is 0.335 e. The van der Waals surface area contributed by atoms with E-state index in [0.717, 1.165) is 18.7 Å². The number of thiophene rings is 1. The van der Waals surface area contributed by atoms with Crippen molar-refractivity contribution in [3.8, 4) is 10.4 Å². The van der Waals surface area contributed by atoms with Gasteiger partial charge in [-0.05, 0) is 60.2 Å². The molecule has 0 amide bonds. The van der Waals surface area contributed by atoms with E-state index in [1.165, 1.54) is 41.1 Å². The van der Waals surface area contributed by atoms with Crippen molar-refractivity contribution in [1.82, 2.24) is 0 Å². The standard InChI is InChI=1S/C24H21NO3S/c26-22(18-7-9-19(10-8-18)24(27)28)12-6-17-5-11-21(25-13-1-2-14-25)20(16-17)23-4-3-15-29-23/h3-12,15-16H,1-2,13-14H2,(H,27,28). The summed E-state index contributed by atoms with van der Waals surface area (Å²) in [7, 11) is 0. The van der Waals surface area contributed by atoms with Crippen LogP contribution < -0.4 is 4.90 Å². The summed E-state index contributed by atoms with van der Waals surface area (Å²) in [5.41, 5.74) is 4.05. The van der Waals surface area contributed by atoms with E-state index in [0.29, 0.717) is 5.56 Å². The third-order valence-electron chi connectivity index (χ3n) is 5.10. The Labute approximate surface area is 173 Å². The zero-order valence-corrected chi connectivity index (χ0v) is 16.7. The minimum atomic E-state index is -1.00. The van der Waals surface area contributed by atoms with E-state index in [1.807, 2.05) is 12.1 Å². The lowest BCUT2D eigenvalue weighted by atomic mass is 10.0. The van der Waals surface area contributed by atoms with Crippen molar-refractivity contribution in [1.29, 1.82) is 0 Å². The number of rotatable bonds is 6. The molecule has 3 aromatic rings. The Morgan fingerprint density at radius 3 is 2.34 bits per heavy atom. The molecule has 0 aliphatic carbocycles. The van der Waals surface area contributed by atoms with Crippen LogP contribution in [0.3, 0.4) is 0 Å². The number of benzene rings is 2. The molecule has 0 atom stereocenters. The van der Waals surface area contributed by atoms with Gasteiger partial charge in [-0.3, -0.25) is 4.79 Å². The zero-order valence-electron chi connectivity index (χ0n) is 15.9. The summed E-state index contributed by atoms with van der Waals surface area (Å²) in [4.78, 5) is 27.0. The van der Waals surface area contributed by atoms with E-state index in [9.17, 15) is 9.59 Å². The molecule has 1 aliphatic rings. The lowest BCUT2D eigenvalue weighted by Crippen LogP contribution is -2.18. The molecule has 0 radical (unpaired) electrons. The Kier molecular flexibility index (Phi) is 5.58. The van der Waals surface area contributed by atoms with Gasteiger partial charge in [-0.15, -0.1) is 11.3 Å². The minimum Gasteiger partial charge on any atom is -0.478 e. The van der Waals surface area contributed by atoms with Crippen LogP contribution in [-0.4, -0.2) is 29.9 Å². The van der Waals surface area contributed by atoms with Gasteiger partial charge in [0.2, 0.25) is 0 Å². The highest BCUT2D eigenvalue weighted by molar-refractivity contribution is 7.13. The molecule has 4 rings (SSSR count). The number of carboxylic acid groups (broad SMARTS) is 1. The Morgan fingerprint density at radius 1 is 0.966 bits per heavy atom. The Balaban J connectivity index is 1.59. The predicted octanol–water partition coefficient (Wildman–Crippen LogP) is 5.61. The summed E-state index contributed by atoms with van der Waals surface area (Å²) in [5, 5.41) is 11.0. The van der Waals surface area contributed by atoms with Gasteiger partial charge in [0, 0.05) is 34.8 Å². The van der Waals surface area contributed by atoms with Crippen molar-refractivity contribution in [2.24, 2.45) is 0 Å². The van der Waals surface area contributed by atoms with Gasteiger partial charge in [0.05, 0.1) is 5.56 Å². The largest absolute Gasteiger partial charge is 0.478 e. The maximum atomic E-state index is 12.4. The molecular weight excluding hydrogens is 382 g/mol. The minimum absolute atomic E-state index is 0.150. The SMILES string of the molecule is O=C(O)c1ccc(C(=O)C=Cc2ccc(N3CCCC3)c(-c3cccs3)c2)cc1. The van der Waals surface area contributed by atoms with E-state index in [4.69, 9.17) is 5.11 Å². The summed E-state index contributed by atoms with van der Waals surface area (Å²) in [6.07, 6.45) is 5.80. The molecule has 146 valence electrons. The molecule has 2 aromatic carbocycles. The average molecular weight is 404 g/mol. The molecule has 2 heterocycles. The molecule has 0 unspecified atom stereocenters. The Morgan fingerprint density at radius 2 is 1.69 bits per heavy atom. The molecule has 0 bridgehead atoms. The fourth-order valence-corrected chi connectivity index (χ4v) is 4.32. The van der Waals surface area contributed by atoms with Gasteiger partial charge in [0.1, 0.15) is 0 Å². The second-order valence-corrected chi connectivity index (χ2v) is 7.98. The van der Waals surface area contributed by atoms with Crippen molar-refractivity contribution in [2.75, 3.05) is 18.0 Å². The molecule has 1 aromatic heterocycles. The van der Waals surface area contributed by atoms with Gasteiger partial charge in [0.25, 0.3) is 0 Å². The first kappa shape index (κ1) is 19.2. The summed E-state index contributed by atoms with van der Waals surface area (Å²) < 4.78 is 0. The second kappa shape index (κ2) is 8.45. The topological polar surface area (TPSA) is 57.6 Å². The molecule has 1 N–H and O–H groups in total. The molecule has 0 spiro atoms. The number of hydrogen-bond donors (Lipinski definition) is 1. The molecule has 1 aliphatic heterocycles. The monoisotopic (exact) mass is 403 g/mol. The van der Waals surface area contributed by atoms with Crippen molar-refractivity contribution in [3.05, 3.63) is 82.7 Å². The molecule has 29 heavy (non-hydrogen) atoms. The molecule has 1 saturated heterocycles. The molecular formula is C24H21NO3S. The van der Waals surface area contributed by atoms with E-state index >= 15 is 0 Å². The van der Waals surface area contributed by atoms with Crippen molar-refractivity contribution >= 4 is 34.9 Å². The number of hydrogen-bond acceptors (Lipinski definition) is 4. The van der Waals surface area contributed by atoms with Crippen LogP contribution in [0.5, 0.6) is 0 Å². The van der Waals surface area contributed by atoms with Crippen LogP contribution in [0.4, 0.5) is 5.69 Å². The molecule has 1 fully saturated rings. The number of nitrogens with zero attached hydrogens (tertiary/aromatic N) is 1. The summed E-state index contributed by atoms with van der Waals surface area (Å²) in [6, 6.07) is 16.5. The zero-order chi connectivity index (χ0) is 20.2. The number of carboxylic acids is 1. The van der Waals surface area contributed by atoms with E-state index in [2.05, 4.69) is 34.5 Å². The lowest BCUT2D eigenvalue weighted by Gasteiger charge is -2.21. The fourth-order valence-electron chi connectivity index (χ4n) is 3.57. The summed E-state index contributed by atoms with van der Waals surface area (Å²) in [6.45, 7) is 2.16. The van der Waals surface area contributed by atoms with Gasteiger partial charge in [0.15, 0.2) is 5.78 Å². The highest BCUT2D eigenvalue weighted by Crippen LogP contribution is 2.36. The quantitative estimate of drug-likeness (QED) is 0.429. The van der Waals surface area contributed by atoms with E-state index in [1.54, 1.807) is 29.5 Å². The number of carbonyl (C=O) groups excluding carboxylic acids is 1. The molecule has 0 saturated carbocycles. The van der Waals surface area contributed by atoms with Crippen LogP contribution in [0, 0.1) is 0 Å². The van der Waals surface area contributed by atoms with Gasteiger partial charge in [-0.2, -0.15) is 0 Å². The Hall–Kier alpha value is -3.18. The Bertz CT molecular complexity index is 1050. The lowest BCUT2D eigenvalue weighted by molar-refractivity contribution is 0.0696. The highest BCUT2D eigenvalue weighted by Gasteiger charge is 2.17. The van der Waals surface area contributed by atoms with Crippen molar-refractivity contribution in [3.63, 3.8) is 0 Å². The van der Waals surface area contributed by atoms with Crippen LogP contribution in [-0.2, 0) is 0 Å². The summed E-state index contributed by atoms with van der Waals surface area (Å²) >= 11 is 1.72. The normalized spacial score (nSPS) is 13.9. The fraction of sp³-hybridized carbons (Fsp3) is 0.167. The number of anilines is 1. The highest BCUT2D eigenvalue weighted by atomic mass is 32.1. The van der Waals surface area contributed by atoms with Gasteiger partial charge < -0.3 is 10.0 Å². The molecule has 4 nitrogen and oxygen atoms in total. The van der Waals surface area contributed by atoms with Crippen LogP contribution in [0.15, 0.2) is 66.1 Å². The van der Waals surface area contributed by atoms with Gasteiger partial charge in [-0.1, -0.05) is 30.3 Å². The maximum absolute atomic E-state index is 12.4. The van der Waals surface area contributed by atoms with E-state index < -0.39 is 5.97 Å². The van der Waals surface area contributed by atoms with Crippen LogP contribution in [0.1, 0.15) is 39.1 Å². The first-order valence-corrected chi connectivity index (χ1v) is 10.5. The number of ketones is 1. The van der Waals surface area contributed by atoms with E-state index in [-0.39, 0.29) is 11.3 Å². The van der Waals surface area contributed by atoms with Crippen LogP contribution in [0.2, 0.25) is 0 Å². The second-order valence-electron chi connectivity index (χ2n) is 7.03. The summed E-state index contributed by atoms with van der Waals surface area (Å²) in [5.74, 6) is -1.15. The molecule has 5 heteroatoms. The van der Waals surface area contributed by atoms with Crippen molar-refractivity contribution in [2.45, 2.75) is 12.8 Å². The average Bonchev–Trinajstić information content (AvgIpc) is 3.46. The van der Waals surface area contributed by atoms with Crippen LogP contribution >= 0.6 is 11.3 Å². The first-order chi connectivity index (χ1) is 14.1.